The molecule has 0 saturated carbocycles. The molecule has 0 aliphatic carbocycles. The minimum absolute atomic E-state index is 1.09. The van der Waals surface area contributed by atoms with Crippen LogP contribution in [0.1, 0.15) is 0 Å². The minimum Gasteiger partial charge on any atom is -0.414 e. The van der Waals surface area contributed by atoms with Crippen LogP contribution in [0.5, 0.6) is 0 Å². The fourth-order valence-electron chi connectivity index (χ4n) is 0.414. The van der Waals surface area contributed by atoms with Gasteiger partial charge in [0.25, 0.3) is 0 Å². The van der Waals surface area contributed by atoms with Crippen LogP contribution in [0, 0.1) is 7.05 Å². The van der Waals surface area contributed by atoms with Crippen LogP contribution in [-0.2, 0) is 0 Å². The molecule has 32 valence electrons. The fourth-order valence-corrected chi connectivity index (χ4v) is 0.414. The lowest BCUT2D eigenvalue weighted by molar-refractivity contribution is -0.733. The first-order valence-corrected chi connectivity index (χ1v) is 1.93. The molecule has 1 aliphatic heterocycles. The van der Waals surface area contributed by atoms with Crippen molar-refractivity contribution in [3.8, 4) is 0 Å². The van der Waals surface area contributed by atoms with Crippen LogP contribution in [0.25, 0.3) is 0 Å². The molecule has 0 aromatic rings. The van der Waals surface area contributed by atoms with Gasteiger partial charge in [0, 0.05) is 0 Å². The largest absolute Gasteiger partial charge is 0.414 e. The topological polar surface area (TPSA) is 4.44 Å². The lowest BCUT2D eigenvalue weighted by Crippen LogP contribution is -2.95. The van der Waals surface area contributed by atoms with E-state index < -0.39 is 0 Å². The van der Waals surface area contributed by atoms with Gasteiger partial charge in [0.15, 0.2) is 0 Å². The molecule has 0 amide bonds. The lowest BCUT2D eigenvalue weighted by Gasteiger charge is -2.00. The summed E-state index contributed by atoms with van der Waals surface area (Å²) < 4.78 is 0. The molecule has 0 aromatic carbocycles. The van der Waals surface area contributed by atoms with E-state index in [-0.39, 0.29) is 0 Å². The number of quaternary nitrogens is 1. The molecule has 0 aromatic heterocycles. The number of nitrogens with one attached hydrogen (secondary N) is 1. The van der Waals surface area contributed by atoms with Crippen molar-refractivity contribution in [1.82, 2.24) is 0 Å². The molecule has 0 saturated heterocycles. The molecule has 1 heterocycles. The van der Waals surface area contributed by atoms with E-state index in [0.29, 0.717) is 0 Å². The number of rotatable bonds is 0. The van der Waals surface area contributed by atoms with Gasteiger partial charge in [-0.15, -0.1) is 7.05 Å². The van der Waals surface area contributed by atoms with E-state index in [0.717, 1.165) is 4.90 Å². The Bertz CT molecular complexity index is 80.1. The number of allylic oxidation sites excluding steroid dienone is 2. The molecular weight excluding hydrogens is 74.1 g/mol. The molecule has 6 heavy (non-hydrogen) atoms. The van der Waals surface area contributed by atoms with Crippen LogP contribution in [0.2, 0.25) is 0 Å². The Morgan fingerprint density at radius 3 is 1.83 bits per heavy atom. The van der Waals surface area contributed by atoms with E-state index in [1.165, 1.54) is 0 Å². The van der Waals surface area contributed by atoms with Gasteiger partial charge in [0.2, 0.25) is 0 Å². The summed E-state index contributed by atoms with van der Waals surface area (Å²) in [6.07, 6.45) is 7.89. The van der Waals surface area contributed by atoms with Crippen LogP contribution in [0.4, 0.5) is 0 Å². The predicted octanol–water partition coefficient (Wildman–Crippen LogP) is -0.296. The summed E-state index contributed by atoms with van der Waals surface area (Å²) in [5.41, 5.74) is 0. The average molecular weight is 81.1 g/mol. The Kier molecular flexibility index (Phi) is 0.765. The minimum atomic E-state index is 1.09. The Labute approximate surface area is 37.6 Å². The van der Waals surface area contributed by atoms with Gasteiger partial charge in [-0.3, -0.25) is 0 Å². The SMILES string of the molecule is [CH2-][NH+]1C=CC=C1. The van der Waals surface area contributed by atoms with Crippen molar-refractivity contribution in [2.75, 3.05) is 0 Å². The van der Waals surface area contributed by atoms with Crippen molar-refractivity contribution < 1.29 is 4.90 Å². The van der Waals surface area contributed by atoms with E-state index in [4.69, 9.17) is 0 Å². The third kappa shape index (κ3) is 0.494. The summed E-state index contributed by atoms with van der Waals surface area (Å²) in [6.45, 7) is 0. The molecule has 0 radical (unpaired) electrons. The second-order valence-electron chi connectivity index (χ2n) is 1.29. The monoisotopic (exact) mass is 81.1 g/mol. The smallest absolute Gasteiger partial charge is 0.0725 e. The van der Waals surface area contributed by atoms with Crippen molar-refractivity contribution in [3.63, 3.8) is 0 Å². The van der Waals surface area contributed by atoms with Crippen LogP contribution in [0.3, 0.4) is 0 Å². The first kappa shape index (κ1) is 3.62. The van der Waals surface area contributed by atoms with Crippen molar-refractivity contribution in [2.24, 2.45) is 0 Å². The summed E-state index contributed by atoms with van der Waals surface area (Å²) in [7, 11) is 3.68. The normalized spacial score (nSPS) is 20.2. The standard InChI is InChI=1S/C5H7N/c1-6-4-2-3-5-6/h2-6H,1H2. The summed E-state index contributed by atoms with van der Waals surface area (Å²) in [6, 6.07) is 0. The molecular formula is C5H7N. The first-order valence-electron chi connectivity index (χ1n) is 1.93. The van der Waals surface area contributed by atoms with Gasteiger partial charge in [-0.1, -0.05) is 0 Å². The zero-order valence-corrected chi connectivity index (χ0v) is 3.52. The summed E-state index contributed by atoms with van der Waals surface area (Å²) in [4.78, 5) is 1.09. The maximum atomic E-state index is 3.68. The molecule has 0 fully saturated rings. The lowest BCUT2D eigenvalue weighted by atomic mass is 10.6. The highest BCUT2D eigenvalue weighted by atomic mass is 15.1. The molecule has 1 aliphatic rings. The maximum Gasteiger partial charge on any atom is 0.0725 e. The fraction of sp³-hybridized carbons (Fsp3) is 0. The van der Waals surface area contributed by atoms with E-state index in [1.807, 2.05) is 24.6 Å². The maximum absolute atomic E-state index is 3.68. The van der Waals surface area contributed by atoms with Crippen molar-refractivity contribution >= 4 is 0 Å². The summed E-state index contributed by atoms with van der Waals surface area (Å²) >= 11 is 0. The molecule has 0 atom stereocenters. The zero-order chi connectivity index (χ0) is 4.41. The highest BCUT2D eigenvalue weighted by molar-refractivity contribution is 5.00. The predicted molar refractivity (Wildman–Crippen MR) is 24.6 cm³/mol. The Morgan fingerprint density at radius 1 is 1.17 bits per heavy atom. The van der Waals surface area contributed by atoms with Crippen LogP contribution >= 0.6 is 0 Å². The molecule has 0 bridgehead atoms. The molecule has 1 N–H and O–H groups in total. The molecule has 0 spiro atoms. The van der Waals surface area contributed by atoms with Crippen LogP contribution < -0.4 is 4.90 Å². The number of hydrogen-bond acceptors (Lipinski definition) is 0. The van der Waals surface area contributed by atoms with E-state index in [9.17, 15) is 0 Å². The highest BCUT2D eigenvalue weighted by Crippen LogP contribution is 1.71. The van der Waals surface area contributed by atoms with Crippen molar-refractivity contribution in [3.05, 3.63) is 31.6 Å². The third-order valence-electron chi connectivity index (χ3n) is 0.732. The molecule has 1 rings (SSSR count). The Morgan fingerprint density at radius 2 is 1.67 bits per heavy atom. The van der Waals surface area contributed by atoms with Gasteiger partial charge in [-0.2, -0.15) is 0 Å². The van der Waals surface area contributed by atoms with E-state index >= 15 is 0 Å². The van der Waals surface area contributed by atoms with Crippen LogP contribution in [-0.4, -0.2) is 0 Å². The quantitative estimate of drug-likeness (QED) is 0.382. The van der Waals surface area contributed by atoms with Crippen molar-refractivity contribution in [1.29, 1.82) is 0 Å². The van der Waals surface area contributed by atoms with Gasteiger partial charge >= 0.3 is 0 Å². The van der Waals surface area contributed by atoms with E-state index in [1.54, 1.807) is 0 Å². The second-order valence-corrected chi connectivity index (χ2v) is 1.29. The zero-order valence-electron chi connectivity index (χ0n) is 3.52. The third-order valence-corrected chi connectivity index (χ3v) is 0.732. The highest BCUT2D eigenvalue weighted by Gasteiger charge is 1.83. The van der Waals surface area contributed by atoms with Gasteiger partial charge in [0.05, 0.1) is 12.4 Å². The Balaban J connectivity index is 2.60. The number of hydrogen-bond donors (Lipinski definition) is 1. The summed E-state index contributed by atoms with van der Waals surface area (Å²) in [5, 5.41) is 0. The molecule has 0 unspecified atom stereocenters. The molecule has 1 nitrogen and oxygen atoms in total. The van der Waals surface area contributed by atoms with Gasteiger partial charge < -0.3 is 4.90 Å². The summed E-state index contributed by atoms with van der Waals surface area (Å²) in [5.74, 6) is 0. The van der Waals surface area contributed by atoms with Gasteiger partial charge in [-0.25, -0.2) is 0 Å². The second kappa shape index (κ2) is 1.27. The first-order chi connectivity index (χ1) is 2.89. The van der Waals surface area contributed by atoms with Gasteiger partial charge in [-0.05, 0) is 12.2 Å². The average Bonchev–Trinajstić information content (AvgIpc) is 1.86. The Hall–Kier alpha value is -0.560. The van der Waals surface area contributed by atoms with Gasteiger partial charge in [0.1, 0.15) is 0 Å². The van der Waals surface area contributed by atoms with Crippen LogP contribution in [0.15, 0.2) is 24.6 Å². The molecule has 1 heteroatoms. The van der Waals surface area contributed by atoms with Crippen molar-refractivity contribution in [2.45, 2.75) is 0 Å². The van der Waals surface area contributed by atoms with E-state index in [2.05, 4.69) is 7.05 Å².